The predicted molar refractivity (Wildman–Crippen MR) is 97.1 cm³/mol. The van der Waals surface area contributed by atoms with E-state index in [9.17, 15) is 10.1 Å². The third kappa shape index (κ3) is 3.83. The minimum Gasteiger partial charge on any atom is -0.383 e. The highest BCUT2D eigenvalue weighted by molar-refractivity contribution is 5.77. The van der Waals surface area contributed by atoms with Crippen LogP contribution < -0.4 is 4.90 Å². The monoisotopic (exact) mass is 373 g/mol. The number of para-hydroxylation sites is 1. The molecule has 0 atom stereocenters. The summed E-state index contributed by atoms with van der Waals surface area (Å²) in [4.78, 5) is 21.4. The SMILES string of the molecule is COCCN(CCOC)c1ncnc(-n2nnc3ccccc32)c1[N+](=O)[O-]. The largest absolute Gasteiger partial charge is 0.383 e. The van der Waals surface area contributed by atoms with E-state index in [0.717, 1.165) is 0 Å². The molecule has 27 heavy (non-hydrogen) atoms. The second kappa shape index (κ2) is 8.47. The second-order valence-electron chi connectivity index (χ2n) is 5.59. The Kier molecular flexibility index (Phi) is 5.84. The van der Waals surface area contributed by atoms with Crippen molar-refractivity contribution >= 4 is 22.5 Å². The Morgan fingerprint density at radius 2 is 1.85 bits per heavy atom. The molecule has 2 aromatic heterocycles. The molecule has 3 aromatic rings. The lowest BCUT2D eigenvalue weighted by Gasteiger charge is -2.23. The van der Waals surface area contributed by atoms with Crippen LogP contribution in [0, 0.1) is 10.1 Å². The van der Waals surface area contributed by atoms with E-state index < -0.39 is 4.92 Å². The number of benzene rings is 1. The van der Waals surface area contributed by atoms with Gasteiger partial charge in [-0.05, 0) is 12.1 Å². The zero-order valence-corrected chi connectivity index (χ0v) is 15.0. The molecule has 3 rings (SSSR count). The van der Waals surface area contributed by atoms with Gasteiger partial charge in [0.15, 0.2) is 0 Å². The third-order valence-electron chi connectivity index (χ3n) is 3.95. The average molecular weight is 373 g/mol. The van der Waals surface area contributed by atoms with Gasteiger partial charge in [-0.2, -0.15) is 4.68 Å². The van der Waals surface area contributed by atoms with Gasteiger partial charge in [0.2, 0.25) is 11.6 Å². The number of methoxy groups -OCH3 is 2. The predicted octanol–water partition coefficient (Wildman–Crippen LogP) is 1.22. The van der Waals surface area contributed by atoms with Gasteiger partial charge in [0.25, 0.3) is 0 Å². The molecule has 0 aliphatic heterocycles. The number of nitro groups is 1. The molecule has 0 fully saturated rings. The van der Waals surface area contributed by atoms with Crippen LogP contribution in [0.25, 0.3) is 16.9 Å². The smallest absolute Gasteiger partial charge is 0.355 e. The van der Waals surface area contributed by atoms with Crippen molar-refractivity contribution in [2.45, 2.75) is 0 Å². The maximum Gasteiger partial charge on any atom is 0.355 e. The molecule has 0 saturated carbocycles. The molecule has 0 aliphatic carbocycles. The number of nitrogens with zero attached hydrogens (tertiary/aromatic N) is 7. The molecule has 11 heteroatoms. The number of hydrogen-bond donors (Lipinski definition) is 0. The maximum absolute atomic E-state index is 11.9. The molecule has 11 nitrogen and oxygen atoms in total. The van der Waals surface area contributed by atoms with Crippen molar-refractivity contribution in [2.24, 2.45) is 0 Å². The fourth-order valence-corrected chi connectivity index (χ4v) is 2.66. The van der Waals surface area contributed by atoms with Crippen LogP contribution in [0.4, 0.5) is 11.5 Å². The first kappa shape index (κ1) is 18.6. The number of hydrogen-bond acceptors (Lipinski definition) is 9. The first-order valence-corrected chi connectivity index (χ1v) is 8.20. The molecule has 0 spiro atoms. The Morgan fingerprint density at radius 1 is 1.15 bits per heavy atom. The van der Waals surface area contributed by atoms with Crippen molar-refractivity contribution in [3.63, 3.8) is 0 Å². The standard InChI is InChI=1S/C16H19N7O4/c1-26-9-7-21(8-10-27-2)15-14(23(24)25)16(18-11-17-15)22-13-6-4-3-5-12(13)19-20-22/h3-6,11H,7-10H2,1-2H3. The van der Waals surface area contributed by atoms with E-state index in [1.54, 1.807) is 37.3 Å². The quantitative estimate of drug-likeness (QED) is 0.402. The third-order valence-corrected chi connectivity index (χ3v) is 3.95. The minimum absolute atomic E-state index is 0.0542. The lowest BCUT2D eigenvalue weighted by atomic mass is 10.3. The molecule has 0 N–H and O–H groups in total. The van der Waals surface area contributed by atoms with Gasteiger partial charge in [0.05, 0.1) is 23.7 Å². The minimum atomic E-state index is -0.506. The zero-order valence-electron chi connectivity index (χ0n) is 15.0. The Balaban J connectivity index is 2.13. The molecule has 1 aromatic carbocycles. The zero-order chi connectivity index (χ0) is 19.2. The molecule has 142 valence electrons. The molecule has 0 saturated heterocycles. The summed E-state index contributed by atoms with van der Waals surface area (Å²) in [5.41, 5.74) is 0.980. The lowest BCUT2D eigenvalue weighted by molar-refractivity contribution is -0.384. The number of ether oxygens (including phenoxy) is 2. The number of rotatable bonds is 9. The number of anilines is 1. The Bertz CT molecular complexity index is 922. The van der Waals surface area contributed by atoms with Crippen LogP contribution in [-0.4, -0.2) is 70.4 Å². The van der Waals surface area contributed by atoms with Crippen LogP contribution in [0.2, 0.25) is 0 Å². The van der Waals surface area contributed by atoms with Crippen LogP contribution in [0.15, 0.2) is 30.6 Å². The second-order valence-corrected chi connectivity index (χ2v) is 5.59. The highest BCUT2D eigenvalue weighted by atomic mass is 16.6. The van der Waals surface area contributed by atoms with Crippen molar-refractivity contribution in [3.05, 3.63) is 40.7 Å². The maximum atomic E-state index is 11.9. The molecular formula is C16H19N7O4. The molecule has 0 bridgehead atoms. The van der Waals surface area contributed by atoms with E-state index in [0.29, 0.717) is 37.3 Å². The fraction of sp³-hybridized carbons (Fsp3) is 0.375. The molecule has 0 amide bonds. The Labute approximate surface area is 154 Å². The van der Waals surface area contributed by atoms with Crippen molar-refractivity contribution in [3.8, 4) is 5.82 Å². The van der Waals surface area contributed by atoms with Gasteiger partial charge in [-0.1, -0.05) is 17.3 Å². The first-order chi connectivity index (χ1) is 13.2. The first-order valence-electron chi connectivity index (χ1n) is 8.20. The summed E-state index contributed by atoms with van der Waals surface area (Å²) in [6.45, 7) is 1.59. The van der Waals surface area contributed by atoms with E-state index in [2.05, 4.69) is 20.3 Å². The van der Waals surface area contributed by atoms with Gasteiger partial charge in [0.1, 0.15) is 11.8 Å². The fourth-order valence-electron chi connectivity index (χ4n) is 2.66. The Morgan fingerprint density at radius 3 is 2.52 bits per heavy atom. The van der Waals surface area contributed by atoms with E-state index >= 15 is 0 Å². The van der Waals surface area contributed by atoms with Crippen LogP contribution >= 0.6 is 0 Å². The van der Waals surface area contributed by atoms with Crippen molar-refractivity contribution in [1.29, 1.82) is 0 Å². The Hall–Kier alpha value is -3.18. The van der Waals surface area contributed by atoms with E-state index in [1.165, 1.54) is 11.0 Å². The average Bonchev–Trinajstić information content (AvgIpc) is 3.11. The van der Waals surface area contributed by atoms with Crippen LogP contribution in [-0.2, 0) is 9.47 Å². The molecule has 0 radical (unpaired) electrons. The molecule has 2 heterocycles. The van der Waals surface area contributed by atoms with Crippen LogP contribution in [0.1, 0.15) is 0 Å². The van der Waals surface area contributed by atoms with Crippen molar-refractivity contribution in [2.75, 3.05) is 45.4 Å². The van der Waals surface area contributed by atoms with Crippen molar-refractivity contribution in [1.82, 2.24) is 25.0 Å². The lowest BCUT2D eigenvalue weighted by Crippen LogP contribution is -2.32. The van der Waals surface area contributed by atoms with E-state index in [4.69, 9.17) is 9.47 Å². The summed E-state index contributed by atoms with van der Waals surface area (Å²) in [5, 5.41) is 20.0. The highest BCUT2D eigenvalue weighted by Gasteiger charge is 2.29. The van der Waals surface area contributed by atoms with Crippen LogP contribution in [0.3, 0.4) is 0 Å². The van der Waals surface area contributed by atoms with Gasteiger partial charge in [0, 0.05) is 27.3 Å². The van der Waals surface area contributed by atoms with Gasteiger partial charge < -0.3 is 14.4 Å². The molecule has 0 aliphatic rings. The summed E-state index contributed by atoms with van der Waals surface area (Å²) in [7, 11) is 3.13. The van der Waals surface area contributed by atoms with E-state index in [-0.39, 0.29) is 17.3 Å². The van der Waals surface area contributed by atoms with E-state index in [1.807, 2.05) is 6.07 Å². The summed E-state index contributed by atoms with van der Waals surface area (Å²) in [5.74, 6) is 0.234. The van der Waals surface area contributed by atoms with Crippen LogP contribution in [0.5, 0.6) is 0 Å². The highest BCUT2D eigenvalue weighted by Crippen LogP contribution is 2.31. The topological polar surface area (TPSA) is 121 Å². The summed E-state index contributed by atoms with van der Waals surface area (Å²) in [6, 6.07) is 7.17. The van der Waals surface area contributed by atoms with Gasteiger partial charge in [-0.25, -0.2) is 9.97 Å². The van der Waals surface area contributed by atoms with Gasteiger partial charge in [-0.15, -0.1) is 5.10 Å². The molecular weight excluding hydrogens is 354 g/mol. The molecule has 0 unspecified atom stereocenters. The van der Waals surface area contributed by atoms with Gasteiger partial charge >= 0.3 is 5.69 Å². The summed E-state index contributed by atoms with van der Waals surface area (Å²) >= 11 is 0. The summed E-state index contributed by atoms with van der Waals surface area (Å²) in [6.07, 6.45) is 1.28. The number of fused-ring (bicyclic) bond motifs is 1. The normalized spacial score (nSPS) is 11.0. The van der Waals surface area contributed by atoms with Gasteiger partial charge in [-0.3, -0.25) is 10.1 Å². The summed E-state index contributed by atoms with van der Waals surface area (Å²) < 4.78 is 11.6. The van der Waals surface area contributed by atoms with Crippen molar-refractivity contribution < 1.29 is 14.4 Å². The number of aromatic nitrogens is 5.